The maximum Gasteiger partial charge on any atom is 0.326 e. The third-order valence-corrected chi connectivity index (χ3v) is 6.00. The molecule has 0 aromatic carbocycles. The number of nitrogens with two attached hydrogens (primary N) is 3. The molecule has 1 aliphatic rings. The third-order valence-electron chi connectivity index (χ3n) is 6.00. The maximum atomic E-state index is 13.2. The van der Waals surface area contributed by atoms with E-state index in [1.807, 2.05) is 6.92 Å². The fraction of sp³-hybridized carbons (Fsp3) is 0.762. The average molecular weight is 486 g/mol. The van der Waals surface area contributed by atoms with Crippen molar-refractivity contribution in [3.8, 4) is 0 Å². The molecule has 1 aliphatic heterocycles. The molecule has 6 atom stereocenters. The lowest BCUT2D eigenvalue weighted by Crippen LogP contribution is -2.59. The number of nitrogens with one attached hydrogen (secondary N) is 2. The zero-order valence-corrected chi connectivity index (χ0v) is 20.1. The fourth-order valence-electron chi connectivity index (χ4n) is 3.66. The molecule has 10 N–H and O–H groups in total. The van der Waals surface area contributed by atoms with E-state index in [2.05, 4.69) is 15.6 Å². The van der Waals surface area contributed by atoms with Crippen LogP contribution in [0.1, 0.15) is 52.9 Å². The minimum absolute atomic E-state index is 0.109. The van der Waals surface area contributed by atoms with Gasteiger partial charge in [-0.2, -0.15) is 0 Å². The number of aliphatic imine (C=N–C) groups is 1. The van der Waals surface area contributed by atoms with Crippen LogP contribution in [0.3, 0.4) is 0 Å². The van der Waals surface area contributed by atoms with Crippen molar-refractivity contribution in [2.24, 2.45) is 28.1 Å². The lowest BCUT2D eigenvalue weighted by Gasteiger charge is -2.31. The molecule has 0 aromatic rings. The molecule has 3 amide bonds. The lowest BCUT2D eigenvalue weighted by molar-refractivity contribution is -0.150. The highest BCUT2D eigenvalue weighted by Crippen LogP contribution is 2.21. The van der Waals surface area contributed by atoms with Gasteiger partial charge in [-0.3, -0.25) is 19.4 Å². The van der Waals surface area contributed by atoms with E-state index in [4.69, 9.17) is 17.2 Å². The summed E-state index contributed by atoms with van der Waals surface area (Å²) in [6, 6.07) is -4.23. The SMILES string of the molecule is CCC(C)C(NC(=O)C(CCCN=C(N)N)NC(=O)C(N)C(C)O)C(=O)N1CCCC1C(=O)O. The number of guanidine groups is 1. The van der Waals surface area contributed by atoms with Gasteiger partial charge in [0.25, 0.3) is 0 Å². The van der Waals surface area contributed by atoms with Gasteiger partial charge in [0, 0.05) is 13.1 Å². The van der Waals surface area contributed by atoms with E-state index in [1.165, 1.54) is 11.8 Å². The number of carboxylic acid groups (broad SMARTS) is 1. The van der Waals surface area contributed by atoms with Crippen molar-refractivity contribution in [2.45, 2.75) is 83.1 Å². The monoisotopic (exact) mass is 485 g/mol. The molecule has 0 bridgehead atoms. The molecule has 0 aliphatic carbocycles. The van der Waals surface area contributed by atoms with Gasteiger partial charge in [0.2, 0.25) is 17.7 Å². The normalized spacial score (nSPS) is 19.9. The number of rotatable bonds is 13. The molecule has 13 heteroatoms. The van der Waals surface area contributed by atoms with Crippen LogP contribution < -0.4 is 27.8 Å². The Bertz CT molecular complexity index is 756. The Balaban J connectivity index is 3.05. The van der Waals surface area contributed by atoms with Crippen LogP contribution in [0.2, 0.25) is 0 Å². The van der Waals surface area contributed by atoms with Gasteiger partial charge in [-0.15, -0.1) is 0 Å². The minimum atomic E-state index is -1.25. The van der Waals surface area contributed by atoms with Crippen LogP contribution in [0.15, 0.2) is 4.99 Å². The number of carbonyl (C=O) groups excluding carboxylic acids is 3. The van der Waals surface area contributed by atoms with E-state index in [0.717, 1.165) is 0 Å². The Morgan fingerprint density at radius 1 is 1.15 bits per heavy atom. The van der Waals surface area contributed by atoms with Gasteiger partial charge >= 0.3 is 5.97 Å². The predicted octanol–water partition coefficient (Wildman–Crippen LogP) is -2.16. The van der Waals surface area contributed by atoms with E-state index < -0.39 is 54.0 Å². The zero-order valence-electron chi connectivity index (χ0n) is 20.1. The number of hydrogen-bond acceptors (Lipinski definition) is 7. The second-order valence-corrected chi connectivity index (χ2v) is 8.68. The summed E-state index contributed by atoms with van der Waals surface area (Å²) in [5.41, 5.74) is 16.3. The Labute approximate surface area is 199 Å². The first-order valence-electron chi connectivity index (χ1n) is 11.5. The van der Waals surface area contributed by atoms with Crippen LogP contribution in [-0.4, -0.2) is 88.1 Å². The van der Waals surface area contributed by atoms with Gasteiger partial charge < -0.3 is 42.9 Å². The summed E-state index contributed by atoms with van der Waals surface area (Å²) < 4.78 is 0. The Kier molecular flexibility index (Phi) is 11.7. The Hall–Kier alpha value is -2.93. The molecule has 1 saturated heterocycles. The number of nitrogens with zero attached hydrogens (tertiary/aromatic N) is 2. The molecule has 0 saturated carbocycles. The molecular weight excluding hydrogens is 446 g/mol. The Morgan fingerprint density at radius 3 is 2.32 bits per heavy atom. The smallest absolute Gasteiger partial charge is 0.326 e. The Morgan fingerprint density at radius 2 is 1.79 bits per heavy atom. The van der Waals surface area contributed by atoms with Gasteiger partial charge in [0.05, 0.1) is 6.10 Å². The van der Waals surface area contributed by atoms with Crippen LogP contribution in [0, 0.1) is 5.92 Å². The molecular formula is C21H39N7O6. The standard InChI is InChI=1S/C21H39N7O6/c1-4-11(2)16(19(32)28-10-6-8-14(28)20(33)34)27-17(30)13(7-5-9-25-21(23)24)26-18(31)15(22)12(3)29/h11-16,29H,4-10,22H2,1-3H3,(H,26,31)(H,27,30)(H,33,34)(H4,23,24,25). The summed E-state index contributed by atoms with van der Waals surface area (Å²) in [5, 5.41) is 24.3. The number of hydrogen-bond donors (Lipinski definition) is 7. The maximum absolute atomic E-state index is 13.2. The number of aliphatic hydroxyl groups excluding tert-OH is 1. The molecule has 0 spiro atoms. The number of aliphatic hydroxyl groups is 1. The number of likely N-dealkylation sites (tertiary alicyclic amines) is 1. The fourth-order valence-corrected chi connectivity index (χ4v) is 3.66. The summed E-state index contributed by atoms with van der Waals surface area (Å²) >= 11 is 0. The van der Waals surface area contributed by atoms with Crippen LogP contribution in [0.4, 0.5) is 0 Å². The molecule has 1 rings (SSSR count). The highest BCUT2D eigenvalue weighted by molar-refractivity contribution is 5.94. The summed E-state index contributed by atoms with van der Waals surface area (Å²) in [6.45, 7) is 5.49. The molecule has 1 heterocycles. The van der Waals surface area contributed by atoms with Gasteiger partial charge in [-0.05, 0) is 38.5 Å². The summed E-state index contributed by atoms with van der Waals surface area (Å²) in [6.07, 6.45) is 0.812. The van der Waals surface area contributed by atoms with Gasteiger partial charge in [0.1, 0.15) is 24.2 Å². The average Bonchev–Trinajstić information content (AvgIpc) is 3.27. The van der Waals surface area contributed by atoms with Crippen LogP contribution in [-0.2, 0) is 19.2 Å². The van der Waals surface area contributed by atoms with Crippen LogP contribution >= 0.6 is 0 Å². The third kappa shape index (κ3) is 8.45. The van der Waals surface area contributed by atoms with Crippen molar-refractivity contribution < 1.29 is 29.4 Å². The second kappa shape index (κ2) is 13.7. The van der Waals surface area contributed by atoms with Gasteiger partial charge in [0.15, 0.2) is 5.96 Å². The van der Waals surface area contributed by atoms with E-state index in [0.29, 0.717) is 32.2 Å². The number of amides is 3. The first kappa shape index (κ1) is 29.1. The molecule has 6 unspecified atom stereocenters. The topological polar surface area (TPSA) is 226 Å². The van der Waals surface area contributed by atoms with Crippen molar-refractivity contribution in [1.82, 2.24) is 15.5 Å². The lowest BCUT2D eigenvalue weighted by atomic mass is 9.96. The summed E-state index contributed by atoms with van der Waals surface area (Å²) in [4.78, 5) is 55.5. The first-order chi connectivity index (χ1) is 15.9. The molecule has 0 aromatic heterocycles. The van der Waals surface area contributed by atoms with E-state index in [9.17, 15) is 29.4 Å². The molecule has 13 nitrogen and oxygen atoms in total. The van der Waals surface area contributed by atoms with Crippen molar-refractivity contribution in [3.05, 3.63) is 0 Å². The van der Waals surface area contributed by atoms with Crippen molar-refractivity contribution in [2.75, 3.05) is 13.1 Å². The number of carbonyl (C=O) groups is 4. The van der Waals surface area contributed by atoms with Crippen molar-refractivity contribution in [1.29, 1.82) is 0 Å². The first-order valence-corrected chi connectivity index (χ1v) is 11.5. The molecule has 1 fully saturated rings. The largest absolute Gasteiger partial charge is 0.480 e. The minimum Gasteiger partial charge on any atom is -0.480 e. The van der Waals surface area contributed by atoms with Crippen LogP contribution in [0.25, 0.3) is 0 Å². The highest BCUT2D eigenvalue weighted by atomic mass is 16.4. The zero-order chi connectivity index (χ0) is 26.0. The molecule has 34 heavy (non-hydrogen) atoms. The van der Waals surface area contributed by atoms with Gasteiger partial charge in [-0.25, -0.2) is 4.79 Å². The number of carboxylic acids is 1. The van der Waals surface area contributed by atoms with Crippen molar-refractivity contribution in [3.63, 3.8) is 0 Å². The number of aliphatic carboxylic acids is 1. The molecule has 0 radical (unpaired) electrons. The summed E-state index contributed by atoms with van der Waals surface area (Å²) in [7, 11) is 0. The van der Waals surface area contributed by atoms with E-state index in [1.54, 1.807) is 6.92 Å². The van der Waals surface area contributed by atoms with E-state index >= 15 is 0 Å². The summed E-state index contributed by atoms with van der Waals surface area (Å²) in [5.74, 6) is -3.31. The highest BCUT2D eigenvalue weighted by Gasteiger charge is 2.40. The quantitative estimate of drug-likeness (QED) is 0.0854. The van der Waals surface area contributed by atoms with E-state index in [-0.39, 0.29) is 24.8 Å². The predicted molar refractivity (Wildman–Crippen MR) is 125 cm³/mol. The molecule has 194 valence electrons. The van der Waals surface area contributed by atoms with Gasteiger partial charge in [-0.1, -0.05) is 20.3 Å². The van der Waals surface area contributed by atoms with Crippen molar-refractivity contribution >= 4 is 29.7 Å². The van der Waals surface area contributed by atoms with Crippen LogP contribution in [0.5, 0.6) is 0 Å². The second-order valence-electron chi connectivity index (χ2n) is 8.68.